The van der Waals surface area contributed by atoms with Crippen LogP contribution in [0.15, 0.2) is 60.8 Å². The predicted octanol–water partition coefficient (Wildman–Crippen LogP) is 3.94. The third-order valence-electron chi connectivity index (χ3n) is 6.15. The molecule has 0 spiro atoms. The van der Waals surface area contributed by atoms with E-state index < -0.39 is 0 Å². The van der Waals surface area contributed by atoms with Crippen LogP contribution >= 0.6 is 0 Å². The molecule has 1 aliphatic heterocycles. The lowest BCUT2D eigenvalue weighted by Gasteiger charge is -2.24. The van der Waals surface area contributed by atoms with E-state index in [-0.39, 0.29) is 17.7 Å². The Balaban J connectivity index is 1.64. The van der Waals surface area contributed by atoms with Crippen LogP contribution in [-0.4, -0.2) is 58.0 Å². The Morgan fingerprint density at radius 3 is 2.56 bits per heavy atom. The standard InChI is InChI=1S/C26H30N4O2/c1-3-13-29-14-15-30(26(32)24-17-27-28-19(24)2)18-22(25(29)31)16-21-11-7-8-12-23(21)20-9-5-4-6-10-20/h4-12,17,22H,3,13-16,18H2,1-2H3,(H,27,28)/t22-/m0/s1. The Morgan fingerprint density at radius 2 is 1.84 bits per heavy atom. The molecule has 1 aliphatic rings. The van der Waals surface area contributed by atoms with Crippen LogP contribution in [0.2, 0.25) is 0 Å². The van der Waals surface area contributed by atoms with Crippen molar-refractivity contribution in [3.8, 4) is 11.1 Å². The summed E-state index contributed by atoms with van der Waals surface area (Å²) in [5.41, 5.74) is 4.72. The fourth-order valence-electron chi connectivity index (χ4n) is 4.47. The summed E-state index contributed by atoms with van der Waals surface area (Å²) in [6.07, 6.45) is 3.07. The largest absolute Gasteiger partial charge is 0.341 e. The van der Waals surface area contributed by atoms with Crippen LogP contribution in [0.4, 0.5) is 0 Å². The number of rotatable bonds is 6. The van der Waals surface area contributed by atoms with Crippen LogP contribution < -0.4 is 0 Å². The van der Waals surface area contributed by atoms with Crippen LogP contribution in [0, 0.1) is 12.8 Å². The summed E-state index contributed by atoms with van der Waals surface area (Å²) in [6.45, 7) is 6.14. The van der Waals surface area contributed by atoms with E-state index in [9.17, 15) is 9.59 Å². The zero-order valence-corrected chi connectivity index (χ0v) is 18.8. The van der Waals surface area contributed by atoms with Crippen molar-refractivity contribution in [3.63, 3.8) is 0 Å². The maximum Gasteiger partial charge on any atom is 0.257 e. The highest BCUT2D eigenvalue weighted by atomic mass is 16.2. The van der Waals surface area contributed by atoms with Crippen molar-refractivity contribution in [3.05, 3.63) is 77.6 Å². The van der Waals surface area contributed by atoms with E-state index in [2.05, 4.69) is 41.4 Å². The summed E-state index contributed by atoms with van der Waals surface area (Å²) in [4.78, 5) is 30.4. The van der Waals surface area contributed by atoms with Crippen LogP contribution in [0.25, 0.3) is 11.1 Å². The molecule has 0 saturated carbocycles. The second kappa shape index (κ2) is 9.81. The zero-order chi connectivity index (χ0) is 22.5. The van der Waals surface area contributed by atoms with Crippen molar-refractivity contribution < 1.29 is 9.59 Å². The minimum Gasteiger partial charge on any atom is -0.341 e. The van der Waals surface area contributed by atoms with E-state index in [1.165, 1.54) is 0 Å². The van der Waals surface area contributed by atoms with Crippen LogP contribution in [0.1, 0.15) is 35.0 Å². The smallest absolute Gasteiger partial charge is 0.257 e. The number of hydrogen-bond acceptors (Lipinski definition) is 3. The molecular formula is C26H30N4O2. The molecule has 2 heterocycles. The second-order valence-corrected chi connectivity index (χ2v) is 8.41. The molecule has 4 rings (SSSR count). The summed E-state index contributed by atoms with van der Waals surface area (Å²) in [6, 6.07) is 18.5. The number of aryl methyl sites for hydroxylation is 1. The lowest BCUT2D eigenvalue weighted by atomic mass is 9.91. The molecule has 6 heteroatoms. The molecular weight excluding hydrogens is 400 g/mol. The van der Waals surface area contributed by atoms with Gasteiger partial charge in [0.25, 0.3) is 5.91 Å². The number of carbonyl (C=O) groups is 2. The van der Waals surface area contributed by atoms with Gasteiger partial charge in [0, 0.05) is 31.9 Å². The van der Waals surface area contributed by atoms with Gasteiger partial charge in [-0.3, -0.25) is 14.7 Å². The van der Waals surface area contributed by atoms with Gasteiger partial charge in [-0.1, -0.05) is 61.5 Å². The van der Waals surface area contributed by atoms with Crippen molar-refractivity contribution in [1.82, 2.24) is 20.0 Å². The Bertz CT molecular complexity index is 1080. The van der Waals surface area contributed by atoms with E-state index in [4.69, 9.17) is 0 Å². The Hall–Kier alpha value is -3.41. The molecule has 1 atom stereocenters. The first-order valence-corrected chi connectivity index (χ1v) is 11.3. The molecule has 1 saturated heterocycles. The highest BCUT2D eigenvalue weighted by Crippen LogP contribution is 2.27. The van der Waals surface area contributed by atoms with Crippen molar-refractivity contribution in [2.75, 3.05) is 26.2 Å². The first-order chi connectivity index (χ1) is 15.6. The molecule has 0 aliphatic carbocycles. The molecule has 0 radical (unpaired) electrons. The quantitative estimate of drug-likeness (QED) is 0.644. The van der Waals surface area contributed by atoms with Crippen LogP contribution in [0.3, 0.4) is 0 Å². The maximum atomic E-state index is 13.5. The van der Waals surface area contributed by atoms with Crippen molar-refractivity contribution in [2.45, 2.75) is 26.7 Å². The van der Waals surface area contributed by atoms with Crippen molar-refractivity contribution in [2.24, 2.45) is 5.92 Å². The van der Waals surface area contributed by atoms with Crippen molar-refractivity contribution in [1.29, 1.82) is 0 Å². The summed E-state index contributed by atoms with van der Waals surface area (Å²) in [5, 5.41) is 6.85. The minimum absolute atomic E-state index is 0.0660. The topological polar surface area (TPSA) is 69.3 Å². The third kappa shape index (κ3) is 4.59. The van der Waals surface area contributed by atoms with Gasteiger partial charge >= 0.3 is 0 Å². The maximum absolute atomic E-state index is 13.5. The Kier molecular flexibility index (Phi) is 6.69. The highest BCUT2D eigenvalue weighted by molar-refractivity contribution is 5.95. The molecule has 1 aromatic heterocycles. The summed E-state index contributed by atoms with van der Waals surface area (Å²) in [7, 11) is 0. The Labute approximate surface area is 189 Å². The Morgan fingerprint density at radius 1 is 1.09 bits per heavy atom. The summed E-state index contributed by atoms with van der Waals surface area (Å²) in [5.74, 6) is -0.220. The zero-order valence-electron chi connectivity index (χ0n) is 18.8. The second-order valence-electron chi connectivity index (χ2n) is 8.41. The first-order valence-electron chi connectivity index (χ1n) is 11.3. The van der Waals surface area contributed by atoms with Crippen LogP contribution in [-0.2, 0) is 11.2 Å². The third-order valence-corrected chi connectivity index (χ3v) is 6.15. The number of nitrogens with one attached hydrogen (secondary N) is 1. The van der Waals surface area contributed by atoms with Crippen LogP contribution in [0.5, 0.6) is 0 Å². The monoisotopic (exact) mass is 430 g/mol. The number of amides is 2. The van der Waals surface area contributed by atoms with Gasteiger partial charge in [-0.25, -0.2) is 0 Å². The first kappa shape index (κ1) is 21.8. The summed E-state index contributed by atoms with van der Waals surface area (Å²) >= 11 is 0. The van der Waals surface area contributed by atoms with Gasteiger partial charge in [-0.2, -0.15) is 5.10 Å². The molecule has 0 unspecified atom stereocenters. The SMILES string of the molecule is CCCN1CCN(C(=O)c2cn[nH]c2C)C[C@H](Cc2ccccc2-c2ccccc2)C1=O. The highest BCUT2D eigenvalue weighted by Gasteiger charge is 2.33. The predicted molar refractivity (Wildman–Crippen MR) is 125 cm³/mol. The van der Waals surface area contributed by atoms with Gasteiger partial charge in [0.1, 0.15) is 0 Å². The van der Waals surface area contributed by atoms with Gasteiger partial charge < -0.3 is 9.80 Å². The fourth-order valence-corrected chi connectivity index (χ4v) is 4.47. The molecule has 166 valence electrons. The average molecular weight is 431 g/mol. The molecule has 2 aromatic carbocycles. The van der Waals surface area contributed by atoms with Gasteiger partial charge in [0.05, 0.1) is 17.7 Å². The fraction of sp³-hybridized carbons (Fsp3) is 0.346. The van der Waals surface area contributed by atoms with Gasteiger partial charge in [-0.15, -0.1) is 0 Å². The van der Waals surface area contributed by atoms with Gasteiger partial charge in [-0.05, 0) is 36.5 Å². The van der Waals surface area contributed by atoms with E-state index in [1.54, 1.807) is 6.20 Å². The number of nitrogens with zero attached hydrogens (tertiary/aromatic N) is 3. The number of hydrogen-bond donors (Lipinski definition) is 1. The van der Waals surface area contributed by atoms with E-state index >= 15 is 0 Å². The van der Waals surface area contributed by atoms with Crippen molar-refractivity contribution >= 4 is 11.8 Å². The van der Waals surface area contributed by atoms with E-state index in [1.807, 2.05) is 47.1 Å². The number of benzene rings is 2. The van der Waals surface area contributed by atoms with E-state index in [0.717, 1.165) is 28.8 Å². The number of carbonyl (C=O) groups excluding carboxylic acids is 2. The molecule has 0 bridgehead atoms. The molecule has 1 N–H and O–H groups in total. The van der Waals surface area contributed by atoms with Gasteiger partial charge in [0.15, 0.2) is 0 Å². The lowest BCUT2D eigenvalue weighted by molar-refractivity contribution is -0.134. The molecule has 32 heavy (non-hydrogen) atoms. The number of aromatic nitrogens is 2. The van der Waals surface area contributed by atoms with Gasteiger partial charge in [0.2, 0.25) is 5.91 Å². The number of aromatic amines is 1. The lowest BCUT2D eigenvalue weighted by Crippen LogP contribution is -2.38. The summed E-state index contributed by atoms with van der Waals surface area (Å²) < 4.78 is 0. The molecule has 3 aromatic rings. The minimum atomic E-state index is -0.287. The average Bonchev–Trinajstić information content (AvgIpc) is 3.19. The number of H-pyrrole nitrogens is 1. The molecule has 2 amide bonds. The molecule has 6 nitrogen and oxygen atoms in total. The van der Waals surface area contributed by atoms with E-state index in [0.29, 0.717) is 38.2 Å². The molecule has 1 fully saturated rings. The normalized spacial score (nSPS) is 16.8.